The van der Waals surface area contributed by atoms with E-state index in [0.717, 1.165) is 6.07 Å². The summed E-state index contributed by atoms with van der Waals surface area (Å²) in [4.78, 5) is 3.70. The van der Waals surface area contributed by atoms with E-state index in [9.17, 15) is 8.78 Å². The zero-order chi connectivity index (χ0) is 10.8. The fourth-order valence-corrected chi connectivity index (χ4v) is 1.21. The average molecular weight is 215 g/mol. The maximum absolute atomic E-state index is 13.2. The molecule has 2 heterocycles. The second kappa shape index (κ2) is 3.98. The van der Waals surface area contributed by atoms with Gasteiger partial charge in [0.25, 0.3) is 5.88 Å². The highest BCUT2D eigenvalue weighted by atomic mass is 19.1. The summed E-state index contributed by atoms with van der Waals surface area (Å²) in [6, 6.07) is 0.764. The van der Waals surface area contributed by atoms with Crippen LogP contribution in [0.2, 0.25) is 0 Å². The van der Waals surface area contributed by atoms with Crippen molar-refractivity contribution in [3.05, 3.63) is 17.7 Å². The lowest BCUT2D eigenvalue weighted by molar-refractivity contribution is 0.129. The molecule has 0 bridgehead atoms. The minimum atomic E-state index is -0.779. The number of hydrogen-bond donors (Lipinski definition) is 2. The molecule has 0 unspecified atom stereocenters. The monoisotopic (exact) mass is 215 g/mol. The molecular formula is C9H11F2N3O. The van der Waals surface area contributed by atoms with Crippen molar-refractivity contribution in [2.45, 2.75) is 6.10 Å². The van der Waals surface area contributed by atoms with Crippen LogP contribution >= 0.6 is 0 Å². The SMILES string of the molecule is CNc1nc(OC2CNC2)c(F)cc1F. The first-order chi connectivity index (χ1) is 7.20. The Labute approximate surface area is 85.6 Å². The van der Waals surface area contributed by atoms with Crippen LogP contribution in [-0.4, -0.2) is 31.2 Å². The predicted octanol–water partition coefficient (Wildman–Crippen LogP) is 0.752. The van der Waals surface area contributed by atoms with Crippen molar-refractivity contribution in [1.82, 2.24) is 10.3 Å². The minimum absolute atomic E-state index is 0.0151. The number of aromatic nitrogens is 1. The molecule has 0 spiro atoms. The maximum Gasteiger partial charge on any atom is 0.252 e. The molecule has 2 rings (SSSR count). The molecule has 0 atom stereocenters. The molecule has 0 aliphatic carbocycles. The van der Waals surface area contributed by atoms with Crippen LogP contribution in [0.3, 0.4) is 0 Å². The number of ether oxygens (including phenoxy) is 1. The third kappa shape index (κ3) is 1.99. The number of nitrogens with one attached hydrogen (secondary N) is 2. The van der Waals surface area contributed by atoms with E-state index in [1.165, 1.54) is 7.05 Å². The number of nitrogens with zero attached hydrogens (tertiary/aromatic N) is 1. The smallest absolute Gasteiger partial charge is 0.252 e. The second-order valence-electron chi connectivity index (χ2n) is 3.25. The Kier molecular flexibility index (Phi) is 2.68. The molecule has 1 aromatic rings. The van der Waals surface area contributed by atoms with E-state index in [-0.39, 0.29) is 17.8 Å². The van der Waals surface area contributed by atoms with E-state index in [2.05, 4.69) is 15.6 Å². The molecule has 82 valence electrons. The lowest BCUT2D eigenvalue weighted by Gasteiger charge is -2.27. The van der Waals surface area contributed by atoms with Crippen LogP contribution in [0.15, 0.2) is 6.07 Å². The summed E-state index contributed by atoms with van der Waals surface area (Å²) in [5, 5.41) is 5.50. The highest BCUT2D eigenvalue weighted by molar-refractivity contribution is 5.39. The van der Waals surface area contributed by atoms with Gasteiger partial charge in [-0.25, -0.2) is 8.78 Å². The zero-order valence-corrected chi connectivity index (χ0v) is 8.18. The molecule has 2 N–H and O–H groups in total. The highest BCUT2D eigenvalue weighted by Crippen LogP contribution is 2.21. The second-order valence-corrected chi connectivity index (χ2v) is 3.25. The van der Waals surface area contributed by atoms with Crippen LogP contribution in [0.25, 0.3) is 0 Å². The van der Waals surface area contributed by atoms with Gasteiger partial charge < -0.3 is 15.4 Å². The lowest BCUT2D eigenvalue weighted by atomic mass is 10.2. The molecule has 6 heteroatoms. The van der Waals surface area contributed by atoms with Gasteiger partial charge in [0.05, 0.1) is 0 Å². The Balaban J connectivity index is 2.21. The van der Waals surface area contributed by atoms with Crippen LogP contribution in [0.5, 0.6) is 5.88 Å². The van der Waals surface area contributed by atoms with Gasteiger partial charge in [-0.05, 0) is 0 Å². The Morgan fingerprint density at radius 1 is 1.47 bits per heavy atom. The summed E-state index contributed by atoms with van der Waals surface area (Å²) >= 11 is 0. The average Bonchev–Trinajstić information content (AvgIpc) is 2.14. The molecule has 1 aliphatic rings. The van der Waals surface area contributed by atoms with Gasteiger partial charge in [0.15, 0.2) is 17.5 Å². The molecule has 1 saturated heterocycles. The van der Waals surface area contributed by atoms with Crippen molar-refractivity contribution in [2.24, 2.45) is 0 Å². The number of anilines is 1. The summed E-state index contributed by atoms with van der Waals surface area (Å²) in [5.74, 6) is -1.68. The van der Waals surface area contributed by atoms with E-state index in [1.54, 1.807) is 0 Å². The molecule has 0 amide bonds. The van der Waals surface area contributed by atoms with Gasteiger partial charge in [-0.2, -0.15) is 4.98 Å². The van der Waals surface area contributed by atoms with Crippen LogP contribution < -0.4 is 15.4 Å². The molecule has 1 fully saturated rings. The van der Waals surface area contributed by atoms with Crippen molar-refractivity contribution in [2.75, 3.05) is 25.5 Å². The summed E-state index contributed by atoms with van der Waals surface area (Å²) in [6.07, 6.45) is -0.0813. The van der Waals surface area contributed by atoms with Gasteiger partial charge >= 0.3 is 0 Å². The van der Waals surface area contributed by atoms with Crippen LogP contribution in [0.1, 0.15) is 0 Å². The predicted molar refractivity (Wildman–Crippen MR) is 51.0 cm³/mol. The van der Waals surface area contributed by atoms with E-state index < -0.39 is 11.6 Å². The topological polar surface area (TPSA) is 46.2 Å². The third-order valence-corrected chi connectivity index (χ3v) is 2.16. The summed E-state index contributed by atoms with van der Waals surface area (Å²) < 4.78 is 31.5. The van der Waals surface area contributed by atoms with Gasteiger partial charge in [-0.15, -0.1) is 0 Å². The molecule has 15 heavy (non-hydrogen) atoms. The molecule has 0 radical (unpaired) electrons. The van der Waals surface area contributed by atoms with E-state index in [1.807, 2.05) is 0 Å². The van der Waals surface area contributed by atoms with Crippen molar-refractivity contribution in [3.63, 3.8) is 0 Å². The number of rotatable bonds is 3. The van der Waals surface area contributed by atoms with Gasteiger partial charge in [0, 0.05) is 26.2 Å². The number of hydrogen-bond acceptors (Lipinski definition) is 4. The fourth-order valence-electron chi connectivity index (χ4n) is 1.21. The molecule has 4 nitrogen and oxygen atoms in total. The standard InChI is InChI=1S/C9H11F2N3O/c1-12-8-6(10)2-7(11)9(14-8)15-5-3-13-4-5/h2,5,13H,3-4H2,1H3,(H,12,14). The fraction of sp³-hybridized carbons (Fsp3) is 0.444. The largest absolute Gasteiger partial charge is 0.470 e. The van der Waals surface area contributed by atoms with Crippen LogP contribution in [-0.2, 0) is 0 Å². The first-order valence-corrected chi connectivity index (χ1v) is 4.62. The van der Waals surface area contributed by atoms with Gasteiger partial charge in [-0.3, -0.25) is 0 Å². The van der Waals surface area contributed by atoms with Gasteiger partial charge in [-0.1, -0.05) is 0 Å². The van der Waals surface area contributed by atoms with Crippen molar-refractivity contribution >= 4 is 5.82 Å². The third-order valence-electron chi connectivity index (χ3n) is 2.16. The van der Waals surface area contributed by atoms with Crippen LogP contribution in [0.4, 0.5) is 14.6 Å². The van der Waals surface area contributed by atoms with Gasteiger partial charge in [0.1, 0.15) is 6.10 Å². The molecule has 1 aliphatic heterocycles. The number of pyridine rings is 1. The quantitative estimate of drug-likeness (QED) is 0.781. The normalized spacial score (nSPS) is 15.9. The summed E-state index contributed by atoms with van der Waals surface area (Å²) in [7, 11) is 1.51. The Bertz CT molecular complexity index is 369. The van der Waals surface area contributed by atoms with Crippen molar-refractivity contribution in [1.29, 1.82) is 0 Å². The minimum Gasteiger partial charge on any atom is -0.470 e. The molecule has 0 saturated carbocycles. The van der Waals surface area contributed by atoms with Crippen LogP contribution in [0, 0.1) is 11.6 Å². The van der Waals surface area contributed by atoms with Crippen molar-refractivity contribution < 1.29 is 13.5 Å². The Morgan fingerprint density at radius 2 is 2.20 bits per heavy atom. The van der Waals surface area contributed by atoms with E-state index in [4.69, 9.17) is 4.74 Å². The van der Waals surface area contributed by atoms with E-state index >= 15 is 0 Å². The van der Waals surface area contributed by atoms with Gasteiger partial charge in [0.2, 0.25) is 0 Å². The number of halogens is 2. The molecule has 1 aromatic heterocycles. The Morgan fingerprint density at radius 3 is 2.73 bits per heavy atom. The maximum atomic E-state index is 13.2. The summed E-state index contributed by atoms with van der Waals surface area (Å²) in [5.41, 5.74) is 0. The van der Waals surface area contributed by atoms with E-state index in [0.29, 0.717) is 13.1 Å². The summed E-state index contributed by atoms with van der Waals surface area (Å²) in [6.45, 7) is 1.32. The zero-order valence-electron chi connectivity index (χ0n) is 8.18. The molecule has 0 aromatic carbocycles. The first kappa shape index (κ1) is 10.1. The first-order valence-electron chi connectivity index (χ1n) is 4.62. The van der Waals surface area contributed by atoms with Crippen molar-refractivity contribution in [3.8, 4) is 5.88 Å². The highest BCUT2D eigenvalue weighted by Gasteiger charge is 2.21. The lowest BCUT2D eigenvalue weighted by Crippen LogP contribution is -2.50. The molecular weight excluding hydrogens is 204 g/mol. The Hall–Kier alpha value is -1.43.